The smallest absolute Gasteiger partial charge is 0.354 e. The Labute approximate surface area is 163 Å². The molecule has 0 aliphatic carbocycles. The first-order valence-corrected chi connectivity index (χ1v) is 9.14. The van der Waals surface area contributed by atoms with E-state index in [1.165, 1.54) is 7.11 Å². The lowest BCUT2D eigenvalue weighted by molar-refractivity contribution is 0.0588. The summed E-state index contributed by atoms with van der Waals surface area (Å²) in [6.45, 7) is 2.78. The highest BCUT2D eigenvalue weighted by Crippen LogP contribution is 2.36. The number of halogens is 2. The first-order chi connectivity index (χ1) is 12.5. The van der Waals surface area contributed by atoms with Crippen LogP contribution in [-0.2, 0) is 11.3 Å². The van der Waals surface area contributed by atoms with Crippen LogP contribution in [0.2, 0.25) is 10.0 Å². The van der Waals surface area contributed by atoms with Gasteiger partial charge in [0.25, 0.3) is 0 Å². The molecule has 0 spiro atoms. The van der Waals surface area contributed by atoms with Crippen LogP contribution in [0.4, 0.5) is 0 Å². The fourth-order valence-electron chi connectivity index (χ4n) is 3.05. The molecule has 26 heavy (non-hydrogen) atoms. The summed E-state index contributed by atoms with van der Waals surface area (Å²) in [6, 6.07) is 17.1. The molecule has 0 aliphatic rings. The molecule has 0 radical (unpaired) electrons. The van der Waals surface area contributed by atoms with Crippen molar-refractivity contribution in [3.63, 3.8) is 0 Å². The third-order valence-corrected chi connectivity index (χ3v) is 4.72. The average molecular weight is 388 g/mol. The largest absolute Gasteiger partial charge is 0.464 e. The Morgan fingerprint density at radius 1 is 0.962 bits per heavy atom. The van der Waals surface area contributed by atoms with Gasteiger partial charge in [0.05, 0.1) is 12.8 Å². The highest BCUT2D eigenvalue weighted by atomic mass is 35.5. The van der Waals surface area contributed by atoms with Crippen LogP contribution in [0.15, 0.2) is 54.6 Å². The number of aromatic nitrogens is 1. The van der Waals surface area contributed by atoms with Crippen molar-refractivity contribution in [2.75, 3.05) is 7.11 Å². The number of nitrogens with zero attached hydrogens (tertiary/aromatic N) is 1. The van der Waals surface area contributed by atoms with Crippen LogP contribution >= 0.6 is 23.2 Å². The maximum absolute atomic E-state index is 12.4. The van der Waals surface area contributed by atoms with Crippen molar-refractivity contribution in [2.24, 2.45) is 0 Å². The van der Waals surface area contributed by atoms with Crippen molar-refractivity contribution in [3.8, 4) is 22.4 Å². The molecule has 0 saturated carbocycles. The number of rotatable bonds is 5. The fraction of sp³-hybridized carbons (Fsp3) is 0.190. The Morgan fingerprint density at radius 3 is 2.00 bits per heavy atom. The number of ether oxygens (including phenoxy) is 1. The summed E-state index contributed by atoms with van der Waals surface area (Å²) in [5, 5.41) is 1.34. The maximum Gasteiger partial charge on any atom is 0.354 e. The average Bonchev–Trinajstić information content (AvgIpc) is 3.02. The highest BCUT2D eigenvalue weighted by Gasteiger charge is 2.22. The molecule has 0 saturated heterocycles. The number of methoxy groups -OCH3 is 1. The predicted molar refractivity (Wildman–Crippen MR) is 107 cm³/mol. The van der Waals surface area contributed by atoms with Gasteiger partial charge in [-0.1, -0.05) is 54.4 Å². The van der Waals surface area contributed by atoms with E-state index < -0.39 is 0 Å². The van der Waals surface area contributed by atoms with E-state index in [1.54, 1.807) is 0 Å². The summed E-state index contributed by atoms with van der Waals surface area (Å²) >= 11 is 12.1. The number of hydrogen-bond acceptors (Lipinski definition) is 2. The number of carbonyl (C=O) groups excluding carboxylic acids is 1. The second-order valence-corrected chi connectivity index (χ2v) is 6.82. The zero-order valence-electron chi connectivity index (χ0n) is 14.6. The number of esters is 1. The molecular weight excluding hydrogens is 369 g/mol. The van der Waals surface area contributed by atoms with E-state index >= 15 is 0 Å². The molecule has 5 heteroatoms. The molecule has 0 bridgehead atoms. The second kappa shape index (κ2) is 7.98. The second-order valence-electron chi connectivity index (χ2n) is 5.95. The Hall–Kier alpha value is -2.23. The van der Waals surface area contributed by atoms with Crippen molar-refractivity contribution in [2.45, 2.75) is 19.9 Å². The molecule has 3 aromatic rings. The summed E-state index contributed by atoms with van der Waals surface area (Å²) in [5.41, 5.74) is 4.43. The molecule has 0 atom stereocenters. The summed E-state index contributed by atoms with van der Waals surface area (Å²) in [5.74, 6) is -0.353. The molecule has 0 N–H and O–H groups in total. The van der Waals surface area contributed by atoms with Gasteiger partial charge in [-0.2, -0.15) is 0 Å². The first-order valence-electron chi connectivity index (χ1n) is 8.39. The van der Waals surface area contributed by atoms with E-state index in [0.29, 0.717) is 22.3 Å². The van der Waals surface area contributed by atoms with Gasteiger partial charge in [-0.05, 0) is 47.9 Å². The normalized spacial score (nSPS) is 10.8. The lowest BCUT2D eigenvalue weighted by Crippen LogP contribution is -2.11. The van der Waals surface area contributed by atoms with Crippen LogP contribution in [-0.4, -0.2) is 17.6 Å². The molecule has 1 aromatic heterocycles. The third-order valence-electron chi connectivity index (χ3n) is 4.21. The van der Waals surface area contributed by atoms with E-state index in [-0.39, 0.29) is 5.97 Å². The topological polar surface area (TPSA) is 31.2 Å². The first kappa shape index (κ1) is 18.6. The van der Waals surface area contributed by atoms with Gasteiger partial charge in [-0.25, -0.2) is 4.79 Å². The van der Waals surface area contributed by atoms with Crippen LogP contribution in [0.25, 0.3) is 22.4 Å². The third kappa shape index (κ3) is 3.64. The molecular formula is C21H19Cl2NO2. The SMILES string of the molecule is CCCn1c(C(=O)OC)cc(-c2ccc(Cl)cc2)c1-c1ccc(Cl)cc1. The summed E-state index contributed by atoms with van der Waals surface area (Å²) in [6.07, 6.45) is 0.888. The summed E-state index contributed by atoms with van der Waals surface area (Å²) < 4.78 is 7.01. The standard InChI is InChI=1S/C21H19Cl2NO2/c1-3-12-24-19(21(25)26-2)13-18(14-4-8-16(22)9-5-14)20(24)15-6-10-17(23)11-7-15/h4-11,13H,3,12H2,1-2H3. The molecule has 1 heterocycles. The van der Waals surface area contributed by atoms with Crippen molar-refractivity contribution in [1.82, 2.24) is 4.57 Å². The van der Waals surface area contributed by atoms with Gasteiger partial charge in [0.2, 0.25) is 0 Å². The Balaban J connectivity index is 2.29. The van der Waals surface area contributed by atoms with Crippen LogP contribution in [0.1, 0.15) is 23.8 Å². The molecule has 0 fully saturated rings. The maximum atomic E-state index is 12.4. The molecule has 134 valence electrons. The molecule has 0 unspecified atom stereocenters. The lowest BCUT2D eigenvalue weighted by Gasteiger charge is -2.13. The number of carbonyl (C=O) groups is 1. The van der Waals surface area contributed by atoms with Crippen molar-refractivity contribution >= 4 is 29.2 Å². The Morgan fingerprint density at radius 2 is 1.50 bits per heavy atom. The van der Waals surface area contributed by atoms with Crippen LogP contribution in [0.5, 0.6) is 0 Å². The fourth-order valence-corrected chi connectivity index (χ4v) is 3.30. The van der Waals surface area contributed by atoms with Gasteiger partial charge < -0.3 is 9.30 Å². The van der Waals surface area contributed by atoms with Crippen LogP contribution < -0.4 is 0 Å². The van der Waals surface area contributed by atoms with Gasteiger partial charge in [-0.15, -0.1) is 0 Å². The van der Waals surface area contributed by atoms with E-state index in [4.69, 9.17) is 27.9 Å². The van der Waals surface area contributed by atoms with Crippen molar-refractivity contribution in [3.05, 3.63) is 70.3 Å². The summed E-state index contributed by atoms with van der Waals surface area (Å²) in [7, 11) is 1.40. The van der Waals surface area contributed by atoms with E-state index in [9.17, 15) is 4.79 Å². The van der Waals surface area contributed by atoms with Gasteiger partial charge in [0.15, 0.2) is 0 Å². The van der Waals surface area contributed by atoms with Gasteiger partial charge in [-0.3, -0.25) is 0 Å². The minimum absolute atomic E-state index is 0.353. The molecule has 0 aliphatic heterocycles. The predicted octanol–water partition coefficient (Wildman–Crippen LogP) is 6.33. The number of benzene rings is 2. The minimum Gasteiger partial charge on any atom is -0.464 e. The van der Waals surface area contributed by atoms with E-state index in [1.807, 2.05) is 59.2 Å². The van der Waals surface area contributed by atoms with Crippen molar-refractivity contribution in [1.29, 1.82) is 0 Å². The van der Waals surface area contributed by atoms with E-state index in [2.05, 4.69) is 6.92 Å². The molecule has 3 rings (SSSR count). The van der Waals surface area contributed by atoms with Gasteiger partial charge in [0.1, 0.15) is 5.69 Å². The molecule has 0 amide bonds. The molecule has 2 aromatic carbocycles. The number of hydrogen-bond donors (Lipinski definition) is 0. The van der Waals surface area contributed by atoms with Crippen LogP contribution in [0, 0.1) is 0 Å². The quantitative estimate of drug-likeness (QED) is 0.479. The van der Waals surface area contributed by atoms with Crippen LogP contribution in [0.3, 0.4) is 0 Å². The highest BCUT2D eigenvalue weighted by molar-refractivity contribution is 6.31. The minimum atomic E-state index is -0.353. The molecule has 3 nitrogen and oxygen atoms in total. The van der Waals surface area contributed by atoms with Crippen molar-refractivity contribution < 1.29 is 9.53 Å². The van der Waals surface area contributed by atoms with Gasteiger partial charge >= 0.3 is 5.97 Å². The lowest BCUT2D eigenvalue weighted by atomic mass is 10.0. The Bertz CT molecular complexity index is 912. The van der Waals surface area contributed by atoms with E-state index in [0.717, 1.165) is 28.8 Å². The monoisotopic (exact) mass is 387 g/mol. The van der Waals surface area contributed by atoms with Gasteiger partial charge in [0, 0.05) is 22.2 Å². The zero-order valence-corrected chi connectivity index (χ0v) is 16.1. The summed E-state index contributed by atoms with van der Waals surface area (Å²) in [4.78, 5) is 12.4. The zero-order chi connectivity index (χ0) is 18.7. The Kier molecular flexibility index (Phi) is 5.70.